The summed E-state index contributed by atoms with van der Waals surface area (Å²) < 4.78 is 0. The zero-order chi connectivity index (χ0) is 8.39. The van der Waals surface area contributed by atoms with Crippen molar-refractivity contribution in [3.05, 3.63) is 0 Å². The standard InChI is InChI=1S/C9H18N2O/c10-8-2-4-9(5-3-8)11-6-1-7-12-11/h8-9H,1-7,10H2. The van der Waals surface area contributed by atoms with Gasteiger partial charge in [-0.15, -0.1) is 0 Å². The minimum absolute atomic E-state index is 0.448. The topological polar surface area (TPSA) is 38.5 Å². The van der Waals surface area contributed by atoms with Gasteiger partial charge in [-0.1, -0.05) is 0 Å². The predicted molar refractivity (Wildman–Crippen MR) is 47.5 cm³/mol. The molecule has 12 heavy (non-hydrogen) atoms. The summed E-state index contributed by atoms with van der Waals surface area (Å²) in [5.74, 6) is 0. The van der Waals surface area contributed by atoms with Crippen LogP contribution in [0.1, 0.15) is 32.1 Å². The third-order valence-electron chi connectivity index (χ3n) is 2.93. The predicted octanol–water partition coefficient (Wildman–Crippen LogP) is 0.894. The number of rotatable bonds is 1. The van der Waals surface area contributed by atoms with Crippen molar-refractivity contribution in [2.24, 2.45) is 5.73 Å². The lowest BCUT2D eigenvalue weighted by Gasteiger charge is -2.31. The monoisotopic (exact) mass is 170 g/mol. The van der Waals surface area contributed by atoms with E-state index in [1.165, 1.54) is 32.1 Å². The van der Waals surface area contributed by atoms with Crippen LogP contribution >= 0.6 is 0 Å². The molecule has 3 heteroatoms. The highest BCUT2D eigenvalue weighted by molar-refractivity contribution is 4.79. The largest absolute Gasteiger partial charge is 0.328 e. The lowest BCUT2D eigenvalue weighted by molar-refractivity contribution is -0.148. The maximum absolute atomic E-state index is 5.84. The molecule has 0 aromatic heterocycles. The lowest BCUT2D eigenvalue weighted by Crippen LogP contribution is -2.38. The van der Waals surface area contributed by atoms with E-state index in [9.17, 15) is 0 Å². The van der Waals surface area contributed by atoms with Crippen molar-refractivity contribution in [2.75, 3.05) is 13.2 Å². The zero-order valence-electron chi connectivity index (χ0n) is 7.54. The van der Waals surface area contributed by atoms with Crippen LogP contribution in [0.15, 0.2) is 0 Å². The Hall–Kier alpha value is -0.120. The normalized spacial score (nSPS) is 38.8. The molecule has 0 radical (unpaired) electrons. The molecule has 3 nitrogen and oxygen atoms in total. The number of nitrogens with zero attached hydrogens (tertiary/aromatic N) is 1. The van der Waals surface area contributed by atoms with Crippen LogP contribution < -0.4 is 5.73 Å². The van der Waals surface area contributed by atoms with Crippen LogP contribution in [0.2, 0.25) is 0 Å². The summed E-state index contributed by atoms with van der Waals surface area (Å²) in [6, 6.07) is 1.11. The smallest absolute Gasteiger partial charge is 0.0698 e. The molecule has 1 saturated carbocycles. The van der Waals surface area contributed by atoms with E-state index in [2.05, 4.69) is 5.06 Å². The van der Waals surface area contributed by atoms with E-state index in [1.807, 2.05) is 0 Å². The van der Waals surface area contributed by atoms with E-state index in [4.69, 9.17) is 10.6 Å². The van der Waals surface area contributed by atoms with E-state index >= 15 is 0 Å². The Bertz CT molecular complexity index is 137. The molecule has 70 valence electrons. The maximum Gasteiger partial charge on any atom is 0.0698 e. The fourth-order valence-electron chi connectivity index (χ4n) is 2.14. The molecule has 2 fully saturated rings. The van der Waals surface area contributed by atoms with Gasteiger partial charge in [-0.3, -0.25) is 4.84 Å². The first-order valence-electron chi connectivity index (χ1n) is 5.01. The van der Waals surface area contributed by atoms with Gasteiger partial charge in [-0.2, -0.15) is 5.06 Å². The molecule has 1 saturated heterocycles. The summed E-state index contributed by atoms with van der Waals surface area (Å²) in [4.78, 5) is 5.52. The van der Waals surface area contributed by atoms with Crippen LogP contribution in [0.5, 0.6) is 0 Å². The Morgan fingerprint density at radius 1 is 1.17 bits per heavy atom. The highest BCUT2D eigenvalue weighted by Gasteiger charge is 2.26. The van der Waals surface area contributed by atoms with Crippen molar-refractivity contribution >= 4 is 0 Å². The third kappa shape index (κ3) is 1.79. The van der Waals surface area contributed by atoms with Gasteiger partial charge in [0.05, 0.1) is 6.61 Å². The van der Waals surface area contributed by atoms with Gasteiger partial charge in [0.25, 0.3) is 0 Å². The fraction of sp³-hybridized carbons (Fsp3) is 1.00. The zero-order valence-corrected chi connectivity index (χ0v) is 7.54. The van der Waals surface area contributed by atoms with Gasteiger partial charge < -0.3 is 5.73 Å². The van der Waals surface area contributed by atoms with Gasteiger partial charge in [-0.05, 0) is 32.1 Å². The average molecular weight is 170 g/mol. The molecular weight excluding hydrogens is 152 g/mol. The molecular formula is C9H18N2O. The molecule has 0 bridgehead atoms. The molecule has 0 aromatic rings. The van der Waals surface area contributed by atoms with E-state index in [1.54, 1.807) is 0 Å². The van der Waals surface area contributed by atoms with Gasteiger partial charge >= 0.3 is 0 Å². The maximum atomic E-state index is 5.84. The summed E-state index contributed by atoms with van der Waals surface area (Å²) in [5, 5.41) is 2.17. The van der Waals surface area contributed by atoms with E-state index < -0.39 is 0 Å². The van der Waals surface area contributed by atoms with Gasteiger partial charge in [0.15, 0.2) is 0 Å². The first-order chi connectivity index (χ1) is 5.86. The second-order valence-electron chi connectivity index (χ2n) is 3.90. The van der Waals surface area contributed by atoms with E-state index in [0.29, 0.717) is 12.1 Å². The highest BCUT2D eigenvalue weighted by Crippen LogP contribution is 2.24. The molecule has 2 aliphatic rings. The van der Waals surface area contributed by atoms with Gasteiger partial charge in [0.1, 0.15) is 0 Å². The lowest BCUT2D eigenvalue weighted by atomic mass is 9.91. The van der Waals surface area contributed by atoms with Gasteiger partial charge in [0.2, 0.25) is 0 Å². The fourth-order valence-corrected chi connectivity index (χ4v) is 2.14. The molecule has 0 aromatic carbocycles. The summed E-state index contributed by atoms with van der Waals surface area (Å²) in [7, 11) is 0. The quantitative estimate of drug-likeness (QED) is 0.635. The van der Waals surface area contributed by atoms with Crippen molar-refractivity contribution < 1.29 is 4.84 Å². The molecule has 1 aliphatic heterocycles. The van der Waals surface area contributed by atoms with Gasteiger partial charge in [0, 0.05) is 18.6 Å². The van der Waals surface area contributed by atoms with Crippen LogP contribution in [0.4, 0.5) is 0 Å². The van der Waals surface area contributed by atoms with E-state index in [0.717, 1.165) is 13.2 Å². The first kappa shape index (κ1) is 8.48. The SMILES string of the molecule is NC1CCC(N2CCCO2)CC1. The molecule has 0 atom stereocenters. The van der Waals surface area contributed by atoms with Crippen molar-refractivity contribution in [3.8, 4) is 0 Å². The molecule has 1 aliphatic carbocycles. The Morgan fingerprint density at radius 3 is 2.50 bits per heavy atom. The summed E-state index contributed by atoms with van der Waals surface area (Å²) in [6.45, 7) is 2.04. The van der Waals surface area contributed by atoms with Crippen LogP contribution in [-0.4, -0.2) is 30.3 Å². The van der Waals surface area contributed by atoms with Crippen molar-refractivity contribution in [1.29, 1.82) is 0 Å². The summed E-state index contributed by atoms with van der Waals surface area (Å²) in [5.41, 5.74) is 5.84. The Balaban J connectivity index is 1.80. The van der Waals surface area contributed by atoms with Crippen LogP contribution in [0.25, 0.3) is 0 Å². The molecule has 1 heterocycles. The second-order valence-corrected chi connectivity index (χ2v) is 3.90. The van der Waals surface area contributed by atoms with Crippen molar-refractivity contribution in [1.82, 2.24) is 5.06 Å². The first-order valence-corrected chi connectivity index (χ1v) is 5.01. The van der Waals surface area contributed by atoms with Crippen molar-refractivity contribution in [2.45, 2.75) is 44.2 Å². The Kier molecular flexibility index (Phi) is 2.63. The minimum atomic E-state index is 0.448. The highest BCUT2D eigenvalue weighted by atomic mass is 16.7. The number of hydrogen-bond acceptors (Lipinski definition) is 3. The third-order valence-corrected chi connectivity index (χ3v) is 2.93. The van der Waals surface area contributed by atoms with E-state index in [-0.39, 0.29) is 0 Å². The number of nitrogens with two attached hydrogens (primary N) is 1. The van der Waals surface area contributed by atoms with Crippen LogP contribution in [0.3, 0.4) is 0 Å². The molecule has 0 amide bonds. The number of hydroxylamine groups is 2. The van der Waals surface area contributed by atoms with Crippen LogP contribution in [0, 0.1) is 0 Å². The Morgan fingerprint density at radius 2 is 1.92 bits per heavy atom. The molecule has 0 unspecified atom stereocenters. The van der Waals surface area contributed by atoms with Gasteiger partial charge in [-0.25, -0.2) is 0 Å². The molecule has 2 N–H and O–H groups in total. The molecule has 2 rings (SSSR count). The number of hydrogen-bond donors (Lipinski definition) is 1. The summed E-state index contributed by atoms with van der Waals surface area (Å²) >= 11 is 0. The molecule has 0 spiro atoms. The summed E-state index contributed by atoms with van der Waals surface area (Å²) in [6.07, 6.45) is 5.99. The average Bonchev–Trinajstić information content (AvgIpc) is 2.58. The van der Waals surface area contributed by atoms with Crippen molar-refractivity contribution in [3.63, 3.8) is 0 Å². The second kappa shape index (κ2) is 3.73. The minimum Gasteiger partial charge on any atom is -0.328 e. The van der Waals surface area contributed by atoms with Crippen LogP contribution in [-0.2, 0) is 4.84 Å². The Labute approximate surface area is 73.8 Å².